The molecule has 1 aromatic carbocycles. The molecule has 0 amide bonds. The molecule has 0 saturated carbocycles. The van der Waals surface area contributed by atoms with Crippen molar-refractivity contribution in [3.63, 3.8) is 0 Å². The summed E-state index contributed by atoms with van der Waals surface area (Å²) in [7, 11) is -4.33. The van der Waals surface area contributed by atoms with Crippen molar-refractivity contribution in [2.45, 2.75) is 64.6 Å². The van der Waals surface area contributed by atoms with Gasteiger partial charge in [0.1, 0.15) is 5.60 Å². The van der Waals surface area contributed by atoms with Crippen LogP contribution in [0.2, 0.25) is 0 Å². The van der Waals surface area contributed by atoms with E-state index in [-0.39, 0.29) is 4.90 Å². The summed E-state index contributed by atoms with van der Waals surface area (Å²) in [5.74, 6) is -1.80. The standard InChI is InChI=1S/C17H24O6S/c1-11-8-9-14(12(2)10-11)24(20,21)23-17(7,13(3)18)15(19)22-16(4,5)6/h8-10H,1-7H3. The van der Waals surface area contributed by atoms with Crippen molar-refractivity contribution in [2.24, 2.45) is 0 Å². The Hall–Kier alpha value is -1.73. The number of ketones is 1. The fourth-order valence-corrected chi connectivity index (χ4v) is 3.36. The number of esters is 1. The molecule has 0 radical (unpaired) electrons. The highest BCUT2D eigenvalue weighted by Crippen LogP contribution is 2.27. The van der Waals surface area contributed by atoms with Crippen molar-refractivity contribution in [1.82, 2.24) is 0 Å². The molecule has 1 rings (SSSR count). The van der Waals surface area contributed by atoms with E-state index >= 15 is 0 Å². The molecule has 7 heteroatoms. The highest BCUT2D eigenvalue weighted by molar-refractivity contribution is 7.86. The lowest BCUT2D eigenvalue weighted by atomic mass is 10.0. The molecule has 1 atom stereocenters. The van der Waals surface area contributed by atoms with Gasteiger partial charge in [-0.2, -0.15) is 8.42 Å². The molecule has 0 saturated heterocycles. The van der Waals surface area contributed by atoms with E-state index in [2.05, 4.69) is 0 Å². The number of aryl methyl sites for hydroxylation is 2. The molecule has 1 aromatic rings. The zero-order valence-corrected chi connectivity index (χ0v) is 15.9. The Morgan fingerprint density at radius 1 is 1.04 bits per heavy atom. The van der Waals surface area contributed by atoms with Crippen LogP contribution in [0.25, 0.3) is 0 Å². The summed E-state index contributed by atoms with van der Waals surface area (Å²) in [6.07, 6.45) is 0. The lowest BCUT2D eigenvalue weighted by molar-refractivity contribution is -0.174. The third-order valence-electron chi connectivity index (χ3n) is 3.34. The van der Waals surface area contributed by atoms with Crippen molar-refractivity contribution in [2.75, 3.05) is 0 Å². The van der Waals surface area contributed by atoms with E-state index in [9.17, 15) is 18.0 Å². The van der Waals surface area contributed by atoms with Crippen LogP contribution in [0.3, 0.4) is 0 Å². The van der Waals surface area contributed by atoms with Gasteiger partial charge in [0.15, 0.2) is 5.78 Å². The number of carbonyl (C=O) groups is 2. The van der Waals surface area contributed by atoms with Gasteiger partial charge in [0.25, 0.3) is 10.1 Å². The number of hydrogen-bond acceptors (Lipinski definition) is 6. The zero-order valence-electron chi connectivity index (χ0n) is 15.1. The average molecular weight is 356 g/mol. The third-order valence-corrected chi connectivity index (χ3v) is 4.89. The van der Waals surface area contributed by atoms with Gasteiger partial charge in [0.2, 0.25) is 5.60 Å². The van der Waals surface area contributed by atoms with Crippen molar-refractivity contribution >= 4 is 21.9 Å². The molecule has 0 fully saturated rings. The summed E-state index contributed by atoms with van der Waals surface area (Å²) in [4.78, 5) is 24.2. The largest absolute Gasteiger partial charge is 0.457 e. The Labute approximate surface area is 143 Å². The number of hydrogen-bond donors (Lipinski definition) is 0. The summed E-state index contributed by atoms with van der Waals surface area (Å²) >= 11 is 0. The first-order chi connectivity index (χ1) is 10.7. The Balaban J connectivity index is 3.29. The Morgan fingerprint density at radius 2 is 1.58 bits per heavy atom. The van der Waals surface area contributed by atoms with Crippen LogP contribution in [0.4, 0.5) is 0 Å². The molecule has 134 valence electrons. The molecule has 0 aromatic heterocycles. The van der Waals surface area contributed by atoms with Gasteiger partial charge < -0.3 is 4.74 Å². The maximum absolute atomic E-state index is 12.6. The number of ether oxygens (including phenoxy) is 1. The summed E-state index contributed by atoms with van der Waals surface area (Å²) in [5, 5.41) is 0. The van der Waals surface area contributed by atoms with Crippen molar-refractivity contribution < 1.29 is 26.9 Å². The van der Waals surface area contributed by atoms with E-state index in [1.807, 2.05) is 6.92 Å². The quantitative estimate of drug-likeness (QED) is 0.458. The van der Waals surface area contributed by atoms with Crippen molar-refractivity contribution in [1.29, 1.82) is 0 Å². The van der Waals surface area contributed by atoms with Crippen LogP contribution in [0.1, 0.15) is 45.7 Å². The smallest absolute Gasteiger partial charge is 0.348 e. The van der Waals surface area contributed by atoms with Gasteiger partial charge >= 0.3 is 5.97 Å². The predicted molar refractivity (Wildman–Crippen MR) is 89.1 cm³/mol. The normalized spacial score (nSPS) is 14.8. The second-order valence-corrected chi connectivity index (χ2v) is 8.41. The van der Waals surface area contributed by atoms with E-state index < -0.39 is 33.1 Å². The third kappa shape index (κ3) is 4.64. The van der Waals surface area contributed by atoms with Gasteiger partial charge in [-0.25, -0.2) is 8.98 Å². The first kappa shape index (κ1) is 20.3. The van der Waals surface area contributed by atoms with Crippen LogP contribution in [0.5, 0.6) is 0 Å². The fraction of sp³-hybridized carbons (Fsp3) is 0.529. The molecule has 0 spiro atoms. The Morgan fingerprint density at radius 3 is 2.00 bits per heavy atom. The van der Waals surface area contributed by atoms with Gasteiger partial charge in [-0.1, -0.05) is 17.7 Å². The van der Waals surface area contributed by atoms with Crippen LogP contribution in [0.15, 0.2) is 23.1 Å². The molecular formula is C17H24O6S. The first-order valence-electron chi connectivity index (χ1n) is 7.46. The van der Waals surface area contributed by atoms with E-state index in [1.165, 1.54) is 6.07 Å². The zero-order chi connectivity index (χ0) is 18.9. The fourth-order valence-electron chi connectivity index (χ4n) is 1.96. The number of carbonyl (C=O) groups excluding carboxylic acids is 2. The molecule has 0 aliphatic rings. The highest BCUT2D eigenvalue weighted by atomic mass is 32.2. The van der Waals surface area contributed by atoms with Gasteiger partial charge in [0, 0.05) is 0 Å². The molecule has 0 N–H and O–H groups in total. The maximum Gasteiger partial charge on any atom is 0.348 e. The minimum atomic E-state index is -4.33. The van der Waals surface area contributed by atoms with Crippen LogP contribution >= 0.6 is 0 Å². The van der Waals surface area contributed by atoms with Crippen LogP contribution in [0, 0.1) is 13.8 Å². The van der Waals surface area contributed by atoms with Crippen LogP contribution in [-0.4, -0.2) is 31.4 Å². The Bertz CT molecular complexity index is 758. The minimum absolute atomic E-state index is 0.0934. The van der Waals surface area contributed by atoms with Gasteiger partial charge in [-0.15, -0.1) is 0 Å². The molecule has 0 bridgehead atoms. The lowest BCUT2D eigenvalue weighted by Crippen LogP contribution is -2.49. The number of benzene rings is 1. The molecule has 24 heavy (non-hydrogen) atoms. The molecule has 0 aliphatic heterocycles. The summed E-state index contributed by atoms with van der Waals surface area (Å²) < 4.78 is 35.3. The minimum Gasteiger partial charge on any atom is -0.457 e. The van der Waals surface area contributed by atoms with E-state index in [0.29, 0.717) is 5.56 Å². The first-order valence-corrected chi connectivity index (χ1v) is 8.87. The predicted octanol–water partition coefficient (Wildman–Crippen LogP) is 2.70. The SMILES string of the molecule is CC(=O)C(C)(OS(=O)(=O)c1ccc(C)cc1C)C(=O)OC(C)(C)C. The molecule has 0 heterocycles. The average Bonchev–Trinajstić information content (AvgIpc) is 2.34. The monoisotopic (exact) mass is 356 g/mol. The second-order valence-electron chi connectivity index (χ2n) is 6.90. The Kier molecular flexibility index (Phi) is 5.62. The molecule has 1 unspecified atom stereocenters. The van der Waals surface area contributed by atoms with E-state index in [1.54, 1.807) is 39.8 Å². The maximum atomic E-state index is 12.6. The van der Waals surface area contributed by atoms with E-state index in [0.717, 1.165) is 19.4 Å². The molecule has 0 aliphatic carbocycles. The lowest BCUT2D eigenvalue weighted by Gasteiger charge is -2.29. The summed E-state index contributed by atoms with van der Waals surface area (Å²) in [6.45, 7) is 10.5. The molecule has 6 nitrogen and oxygen atoms in total. The van der Waals surface area contributed by atoms with Crippen molar-refractivity contribution in [3.05, 3.63) is 29.3 Å². The van der Waals surface area contributed by atoms with Crippen LogP contribution < -0.4 is 0 Å². The second kappa shape index (κ2) is 6.64. The summed E-state index contributed by atoms with van der Waals surface area (Å²) in [6, 6.07) is 4.67. The highest BCUT2D eigenvalue weighted by Gasteiger charge is 2.47. The van der Waals surface area contributed by atoms with Gasteiger partial charge in [-0.05, 0) is 60.1 Å². The topological polar surface area (TPSA) is 86.7 Å². The summed E-state index contributed by atoms with van der Waals surface area (Å²) in [5.41, 5.74) is -1.79. The number of rotatable bonds is 5. The van der Waals surface area contributed by atoms with Crippen molar-refractivity contribution in [3.8, 4) is 0 Å². The van der Waals surface area contributed by atoms with Crippen LogP contribution in [-0.2, 0) is 28.6 Å². The van der Waals surface area contributed by atoms with Gasteiger partial charge in [-0.3, -0.25) is 4.79 Å². The number of Topliss-reactive ketones (excluding diaryl/α,β-unsaturated/α-hetero) is 1. The van der Waals surface area contributed by atoms with Gasteiger partial charge in [0.05, 0.1) is 4.90 Å². The van der Waals surface area contributed by atoms with E-state index in [4.69, 9.17) is 8.92 Å². The molecular weight excluding hydrogens is 332 g/mol.